The first-order valence-corrected chi connectivity index (χ1v) is 10.5. The van der Waals surface area contributed by atoms with Gasteiger partial charge in [0, 0.05) is 6.26 Å². The Morgan fingerprint density at radius 2 is 2.12 bits per heavy atom. The van der Waals surface area contributed by atoms with Crippen molar-refractivity contribution in [3.63, 3.8) is 0 Å². The second-order valence-electron chi connectivity index (χ2n) is 5.29. The molecule has 1 amide bonds. The fourth-order valence-electron chi connectivity index (χ4n) is 2.09. The van der Waals surface area contributed by atoms with Gasteiger partial charge in [-0.1, -0.05) is 12.1 Å². The molecule has 2 rings (SSSR count). The molecule has 0 saturated heterocycles. The SMILES string of the molecule is CSCC[C@H](N)C(=O)Nc1cnn(-c2ccccc2S(C)(=O)=O)c1. The molecule has 0 bridgehead atoms. The molecule has 1 aromatic carbocycles. The summed E-state index contributed by atoms with van der Waals surface area (Å²) in [5.41, 5.74) is 6.70. The summed E-state index contributed by atoms with van der Waals surface area (Å²) in [6.45, 7) is 0. The molecule has 3 N–H and O–H groups in total. The van der Waals surface area contributed by atoms with E-state index in [4.69, 9.17) is 5.73 Å². The van der Waals surface area contributed by atoms with Gasteiger partial charge < -0.3 is 11.1 Å². The molecule has 0 aliphatic carbocycles. The highest BCUT2D eigenvalue weighted by Gasteiger charge is 2.17. The molecule has 1 atom stereocenters. The predicted molar refractivity (Wildman–Crippen MR) is 96.3 cm³/mol. The van der Waals surface area contributed by atoms with Gasteiger partial charge in [-0.2, -0.15) is 16.9 Å². The molecule has 9 heteroatoms. The largest absolute Gasteiger partial charge is 0.322 e. The highest BCUT2D eigenvalue weighted by Crippen LogP contribution is 2.20. The lowest BCUT2D eigenvalue weighted by molar-refractivity contribution is -0.117. The first-order chi connectivity index (χ1) is 11.3. The predicted octanol–water partition coefficient (Wildman–Crippen LogP) is 1.29. The fourth-order valence-corrected chi connectivity index (χ4v) is 3.45. The number of rotatable bonds is 7. The Labute approximate surface area is 145 Å². The molecule has 1 heterocycles. The second-order valence-corrected chi connectivity index (χ2v) is 8.26. The number of carbonyl (C=O) groups is 1. The zero-order valence-corrected chi connectivity index (χ0v) is 15.1. The van der Waals surface area contributed by atoms with E-state index in [2.05, 4.69) is 10.4 Å². The first kappa shape index (κ1) is 18.5. The summed E-state index contributed by atoms with van der Waals surface area (Å²) in [4.78, 5) is 12.2. The number of nitrogens with zero attached hydrogens (tertiary/aromatic N) is 2. The quantitative estimate of drug-likeness (QED) is 0.763. The topological polar surface area (TPSA) is 107 Å². The molecule has 130 valence electrons. The zero-order chi connectivity index (χ0) is 17.7. The van der Waals surface area contributed by atoms with Gasteiger partial charge >= 0.3 is 0 Å². The molecular weight excluding hydrogens is 348 g/mol. The van der Waals surface area contributed by atoms with Crippen molar-refractivity contribution < 1.29 is 13.2 Å². The van der Waals surface area contributed by atoms with Gasteiger partial charge in [0.15, 0.2) is 9.84 Å². The van der Waals surface area contributed by atoms with Gasteiger partial charge in [-0.15, -0.1) is 0 Å². The minimum atomic E-state index is -3.39. The maximum Gasteiger partial charge on any atom is 0.241 e. The van der Waals surface area contributed by atoms with Gasteiger partial charge in [0.1, 0.15) is 0 Å². The van der Waals surface area contributed by atoms with Crippen LogP contribution in [0.15, 0.2) is 41.6 Å². The summed E-state index contributed by atoms with van der Waals surface area (Å²) in [5, 5.41) is 6.82. The molecule has 1 aromatic heterocycles. The Kier molecular flexibility index (Phi) is 6.03. The molecule has 0 aliphatic rings. The van der Waals surface area contributed by atoms with Crippen molar-refractivity contribution in [2.45, 2.75) is 17.4 Å². The maximum absolute atomic E-state index is 12.0. The van der Waals surface area contributed by atoms with Crippen LogP contribution in [0.5, 0.6) is 0 Å². The molecule has 7 nitrogen and oxygen atoms in total. The molecule has 0 saturated carbocycles. The highest BCUT2D eigenvalue weighted by atomic mass is 32.2. The zero-order valence-electron chi connectivity index (χ0n) is 13.5. The number of hydrogen-bond donors (Lipinski definition) is 2. The molecule has 0 fully saturated rings. The standard InChI is InChI=1S/C15H20N4O3S2/c1-23-8-7-12(16)15(20)18-11-9-17-19(10-11)13-5-3-4-6-14(13)24(2,21)22/h3-6,9-10,12H,7-8,16H2,1-2H3,(H,18,20)/t12-/m0/s1. The van der Waals surface area contributed by atoms with Crippen molar-refractivity contribution in [3.8, 4) is 5.69 Å². The Balaban J connectivity index is 2.19. The van der Waals surface area contributed by atoms with Crippen molar-refractivity contribution in [1.29, 1.82) is 0 Å². The van der Waals surface area contributed by atoms with Crippen LogP contribution in [0.2, 0.25) is 0 Å². The number of aromatic nitrogens is 2. The number of benzene rings is 1. The van der Waals surface area contributed by atoms with Crippen LogP contribution in [0.3, 0.4) is 0 Å². The lowest BCUT2D eigenvalue weighted by Gasteiger charge is -2.10. The Hall–Kier alpha value is -1.84. The van der Waals surface area contributed by atoms with Crippen LogP contribution in [0.1, 0.15) is 6.42 Å². The number of para-hydroxylation sites is 1. The van der Waals surface area contributed by atoms with Crippen molar-refractivity contribution in [3.05, 3.63) is 36.7 Å². The molecule has 24 heavy (non-hydrogen) atoms. The van der Waals surface area contributed by atoms with Gasteiger partial charge in [0.2, 0.25) is 5.91 Å². The van der Waals surface area contributed by atoms with Gasteiger partial charge in [-0.3, -0.25) is 4.79 Å². The third-order valence-electron chi connectivity index (χ3n) is 3.33. The normalized spacial score (nSPS) is 12.8. The molecule has 0 aliphatic heterocycles. The molecule has 0 unspecified atom stereocenters. The Bertz CT molecular complexity index is 818. The van der Waals surface area contributed by atoms with Crippen LogP contribution in [0.25, 0.3) is 5.69 Å². The van der Waals surface area contributed by atoms with E-state index in [0.717, 1.165) is 12.0 Å². The monoisotopic (exact) mass is 368 g/mol. The van der Waals surface area contributed by atoms with Crippen LogP contribution in [-0.4, -0.2) is 48.4 Å². The number of thioether (sulfide) groups is 1. The maximum atomic E-state index is 12.0. The van der Waals surface area contributed by atoms with Crippen LogP contribution in [0, 0.1) is 0 Å². The van der Waals surface area contributed by atoms with E-state index in [1.807, 2.05) is 6.26 Å². The van der Waals surface area contributed by atoms with Crippen molar-refractivity contribution in [2.24, 2.45) is 5.73 Å². The Morgan fingerprint density at radius 3 is 2.79 bits per heavy atom. The number of anilines is 1. The molecule has 0 spiro atoms. The van der Waals surface area contributed by atoms with E-state index in [1.165, 1.54) is 16.9 Å². The minimum absolute atomic E-state index is 0.169. The summed E-state index contributed by atoms with van der Waals surface area (Å²) in [6.07, 6.45) is 6.69. The van der Waals surface area contributed by atoms with Crippen molar-refractivity contribution in [2.75, 3.05) is 23.6 Å². The van der Waals surface area contributed by atoms with E-state index in [-0.39, 0.29) is 10.8 Å². The van der Waals surface area contributed by atoms with Gasteiger partial charge in [0.05, 0.1) is 34.7 Å². The summed E-state index contributed by atoms with van der Waals surface area (Å²) in [7, 11) is -3.39. The number of sulfone groups is 1. The van der Waals surface area contributed by atoms with Crippen molar-refractivity contribution >= 4 is 33.2 Å². The number of nitrogens with two attached hydrogens (primary N) is 1. The number of nitrogens with one attached hydrogen (secondary N) is 1. The lowest BCUT2D eigenvalue weighted by atomic mass is 10.2. The van der Waals surface area contributed by atoms with Crippen molar-refractivity contribution in [1.82, 2.24) is 9.78 Å². The molecule has 0 radical (unpaired) electrons. The lowest BCUT2D eigenvalue weighted by Crippen LogP contribution is -2.35. The summed E-state index contributed by atoms with van der Waals surface area (Å²) >= 11 is 1.63. The van der Waals surface area contributed by atoms with Crippen LogP contribution < -0.4 is 11.1 Å². The molecular formula is C15H20N4O3S2. The minimum Gasteiger partial charge on any atom is -0.322 e. The number of carbonyl (C=O) groups excluding carboxylic acids is 1. The van der Waals surface area contributed by atoms with E-state index in [1.54, 1.807) is 36.2 Å². The van der Waals surface area contributed by atoms with Gasteiger partial charge in [-0.05, 0) is 30.6 Å². The average molecular weight is 368 g/mol. The van der Waals surface area contributed by atoms with Crippen LogP contribution >= 0.6 is 11.8 Å². The van der Waals surface area contributed by atoms with E-state index in [9.17, 15) is 13.2 Å². The van der Waals surface area contributed by atoms with Crippen LogP contribution in [0.4, 0.5) is 5.69 Å². The van der Waals surface area contributed by atoms with Gasteiger partial charge in [-0.25, -0.2) is 13.1 Å². The summed E-state index contributed by atoms with van der Waals surface area (Å²) in [5.74, 6) is 0.510. The Morgan fingerprint density at radius 1 is 1.42 bits per heavy atom. The summed E-state index contributed by atoms with van der Waals surface area (Å²) < 4.78 is 25.2. The first-order valence-electron chi connectivity index (χ1n) is 7.22. The second kappa shape index (κ2) is 7.82. The summed E-state index contributed by atoms with van der Waals surface area (Å²) in [6, 6.07) is 5.95. The molecule has 2 aromatic rings. The van der Waals surface area contributed by atoms with E-state index < -0.39 is 15.9 Å². The van der Waals surface area contributed by atoms with E-state index in [0.29, 0.717) is 17.8 Å². The van der Waals surface area contributed by atoms with E-state index >= 15 is 0 Å². The third kappa shape index (κ3) is 4.59. The number of amides is 1. The number of hydrogen-bond acceptors (Lipinski definition) is 6. The average Bonchev–Trinajstić information content (AvgIpc) is 3.00. The highest BCUT2D eigenvalue weighted by molar-refractivity contribution is 7.98. The fraction of sp³-hybridized carbons (Fsp3) is 0.333. The smallest absolute Gasteiger partial charge is 0.241 e. The van der Waals surface area contributed by atoms with Gasteiger partial charge in [0.25, 0.3) is 0 Å². The van der Waals surface area contributed by atoms with Crippen LogP contribution in [-0.2, 0) is 14.6 Å². The third-order valence-corrected chi connectivity index (χ3v) is 5.12.